The number of hydrogen-bond donors (Lipinski definition) is 1. The van der Waals surface area contributed by atoms with E-state index in [1.165, 1.54) is 0 Å². The number of fused-ring (bicyclic) bond motifs is 1. The smallest absolute Gasteiger partial charge is 0.309 e. The maximum Gasteiger partial charge on any atom is 0.309 e. The quantitative estimate of drug-likeness (QED) is 0.678. The van der Waals surface area contributed by atoms with Gasteiger partial charge in [-0.25, -0.2) is 0 Å². The van der Waals surface area contributed by atoms with E-state index < -0.39 is 5.97 Å². The van der Waals surface area contributed by atoms with Gasteiger partial charge in [0.05, 0.1) is 18.9 Å². The van der Waals surface area contributed by atoms with E-state index in [9.17, 15) is 9.59 Å². The molecule has 5 unspecified atom stereocenters. The first kappa shape index (κ1) is 10.1. The van der Waals surface area contributed by atoms with Gasteiger partial charge in [-0.05, 0) is 12.8 Å². The van der Waals surface area contributed by atoms with Crippen molar-refractivity contribution in [3.05, 3.63) is 0 Å². The van der Waals surface area contributed by atoms with Crippen molar-refractivity contribution < 1.29 is 24.2 Å². The van der Waals surface area contributed by atoms with Crippen LogP contribution in [0.1, 0.15) is 19.3 Å². The number of carbonyl (C=O) groups excluding carboxylic acids is 2. The molecule has 5 nitrogen and oxygen atoms in total. The van der Waals surface area contributed by atoms with E-state index in [-0.39, 0.29) is 49.0 Å². The highest BCUT2D eigenvalue weighted by Crippen LogP contribution is 2.55. The summed E-state index contributed by atoms with van der Waals surface area (Å²) in [6, 6.07) is 0. The van der Waals surface area contributed by atoms with Gasteiger partial charge < -0.3 is 14.6 Å². The molecule has 1 aliphatic heterocycles. The molecule has 88 valence electrons. The van der Waals surface area contributed by atoms with Gasteiger partial charge in [0.1, 0.15) is 12.2 Å². The fraction of sp³-hybridized carbons (Fsp3) is 0.818. The summed E-state index contributed by atoms with van der Waals surface area (Å²) in [7, 11) is 0. The number of aliphatic hydroxyl groups excluding tert-OH is 1. The molecule has 3 aliphatic rings. The van der Waals surface area contributed by atoms with Gasteiger partial charge in [0.25, 0.3) is 0 Å². The van der Waals surface area contributed by atoms with Crippen molar-refractivity contribution in [3.63, 3.8) is 0 Å². The Kier molecular flexibility index (Phi) is 2.17. The standard InChI is InChI=1S/C11H14O5/c12-2-1-8(13)15-9-5-3-6-7(4-5)11(14)16-10(6)9/h5-7,9-10,12H,1-4H2. The summed E-state index contributed by atoms with van der Waals surface area (Å²) < 4.78 is 10.5. The molecular weight excluding hydrogens is 212 g/mol. The van der Waals surface area contributed by atoms with Gasteiger partial charge in [-0.2, -0.15) is 0 Å². The second-order valence-corrected chi connectivity index (χ2v) is 4.83. The first-order chi connectivity index (χ1) is 7.70. The molecule has 0 aromatic carbocycles. The minimum Gasteiger partial charge on any atom is -0.458 e. The van der Waals surface area contributed by atoms with Crippen molar-refractivity contribution >= 4 is 11.9 Å². The largest absolute Gasteiger partial charge is 0.458 e. The van der Waals surface area contributed by atoms with Crippen LogP contribution in [0.15, 0.2) is 0 Å². The molecule has 5 heteroatoms. The monoisotopic (exact) mass is 226 g/mol. The van der Waals surface area contributed by atoms with Gasteiger partial charge in [0.15, 0.2) is 0 Å². The fourth-order valence-electron chi connectivity index (χ4n) is 3.37. The Hall–Kier alpha value is -1.10. The zero-order chi connectivity index (χ0) is 11.3. The molecule has 16 heavy (non-hydrogen) atoms. The summed E-state index contributed by atoms with van der Waals surface area (Å²) in [5.41, 5.74) is 0. The molecule has 2 saturated carbocycles. The molecule has 1 N–H and O–H groups in total. The first-order valence-electron chi connectivity index (χ1n) is 5.71. The lowest BCUT2D eigenvalue weighted by Crippen LogP contribution is -2.36. The van der Waals surface area contributed by atoms with Crippen LogP contribution in [0.25, 0.3) is 0 Å². The van der Waals surface area contributed by atoms with E-state index >= 15 is 0 Å². The van der Waals surface area contributed by atoms with Crippen LogP contribution in [0.2, 0.25) is 0 Å². The van der Waals surface area contributed by atoms with Crippen LogP contribution in [0, 0.1) is 17.8 Å². The van der Waals surface area contributed by atoms with E-state index in [1.54, 1.807) is 0 Å². The maximum absolute atomic E-state index is 11.4. The Morgan fingerprint density at radius 3 is 3.06 bits per heavy atom. The fourth-order valence-corrected chi connectivity index (χ4v) is 3.37. The molecule has 1 heterocycles. The van der Waals surface area contributed by atoms with Crippen LogP contribution in [-0.4, -0.2) is 35.9 Å². The highest BCUT2D eigenvalue weighted by molar-refractivity contribution is 5.77. The van der Waals surface area contributed by atoms with Gasteiger partial charge in [0.2, 0.25) is 0 Å². The third kappa shape index (κ3) is 1.27. The van der Waals surface area contributed by atoms with Gasteiger partial charge in [-0.3, -0.25) is 9.59 Å². The lowest BCUT2D eigenvalue weighted by Gasteiger charge is -2.25. The molecular formula is C11H14O5. The lowest BCUT2D eigenvalue weighted by molar-refractivity contribution is -0.162. The minimum absolute atomic E-state index is 0.0119. The molecule has 0 amide bonds. The number of hydrogen-bond acceptors (Lipinski definition) is 5. The Bertz CT molecular complexity index is 339. The first-order valence-corrected chi connectivity index (χ1v) is 5.71. The zero-order valence-electron chi connectivity index (χ0n) is 8.80. The number of rotatable bonds is 3. The predicted molar refractivity (Wildman–Crippen MR) is 51.2 cm³/mol. The SMILES string of the molecule is O=C(CCO)OC1C2CC3C(=O)OC1C3C2. The van der Waals surface area contributed by atoms with E-state index in [1.807, 2.05) is 0 Å². The summed E-state index contributed by atoms with van der Waals surface area (Å²) >= 11 is 0. The van der Waals surface area contributed by atoms with Crippen LogP contribution >= 0.6 is 0 Å². The van der Waals surface area contributed by atoms with Crippen LogP contribution in [0.3, 0.4) is 0 Å². The second-order valence-electron chi connectivity index (χ2n) is 4.83. The molecule has 1 saturated heterocycles. The van der Waals surface area contributed by atoms with Gasteiger partial charge in [0, 0.05) is 11.8 Å². The summed E-state index contributed by atoms with van der Waals surface area (Å²) in [5.74, 6) is 0.0408. The van der Waals surface area contributed by atoms with Crippen molar-refractivity contribution in [2.45, 2.75) is 31.5 Å². The molecule has 3 fully saturated rings. The van der Waals surface area contributed by atoms with Crippen molar-refractivity contribution in [2.24, 2.45) is 17.8 Å². The minimum atomic E-state index is -0.403. The molecule has 0 aromatic rings. The Morgan fingerprint density at radius 1 is 1.50 bits per heavy atom. The molecule has 0 radical (unpaired) electrons. The topological polar surface area (TPSA) is 72.8 Å². The highest BCUT2D eigenvalue weighted by Gasteiger charge is 2.63. The average Bonchev–Trinajstić information content (AvgIpc) is 2.82. The van der Waals surface area contributed by atoms with Gasteiger partial charge >= 0.3 is 11.9 Å². The molecule has 0 aromatic heterocycles. The van der Waals surface area contributed by atoms with E-state index in [4.69, 9.17) is 14.6 Å². The number of ether oxygens (including phenoxy) is 2. The summed E-state index contributed by atoms with van der Waals surface area (Å²) in [6.07, 6.45) is 1.23. The van der Waals surface area contributed by atoms with Crippen LogP contribution in [0.5, 0.6) is 0 Å². The normalized spacial score (nSPS) is 43.6. The Morgan fingerprint density at radius 2 is 2.31 bits per heavy atom. The summed E-state index contributed by atoms with van der Waals surface area (Å²) in [6.45, 7) is -0.202. The van der Waals surface area contributed by atoms with Crippen molar-refractivity contribution in [1.82, 2.24) is 0 Å². The number of esters is 2. The second kappa shape index (κ2) is 3.45. The van der Waals surface area contributed by atoms with Crippen molar-refractivity contribution in [3.8, 4) is 0 Å². The van der Waals surface area contributed by atoms with Crippen LogP contribution < -0.4 is 0 Å². The van der Waals surface area contributed by atoms with E-state index in [2.05, 4.69) is 0 Å². The number of aliphatic hydroxyl groups is 1. The maximum atomic E-state index is 11.4. The van der Waals surface area contributed by atoms with Gasteiger partial charge in [-0.15, -0.1) is 0 Å². The van der Waals surface area contributed by atoms with E-state index in [0.29, 0.717) is 0 Å². The van der Waals surface area contributed by atoms with Crippen LogP contribution in [0.4, 0.5) is 0 Å². The molecule has 3 rings (SSSR count). The van der Waals surface area contributed by atoms with Crippen LogP contribution in [-0.2, 0) is 19.1 Å². The van der Waals surface area contributed by atoms with E-state index in [0.717, 1.165) is 12.8 Å². The van der Waals surface area contributed by atoms with Crippen molar-refractivity contribution in [1.29, 1.82) is 0 Å². The Labute approximate surface area is 92.7 Å². The zero-order valence-corrected chi connectivity index (χ0v) is 8.80. The third-order valence-corrected chi connectivity index (χ3v) is 4.00. The van der Waals surface area contributed by atoms with Gasteiger partial charge in [-0.1, -0.05) is 0 Å². The predicted octanol–water partition coefficient (Wildman–Crippen LogP) is -0.138. The van der Waals surface area contributed by atoms with Crippen molar-refractivity contribution in [2.75, 3.05) is 6.61 Å². The molecule has 2 bridgehead atoms. The Balaban J connectivity index is 1.70. The lowest BCUT2D eigenvalue weighted by atomic mass is 9.88. The summed E-state index contributed by atoms with van der Waals surface area (Å²) in [4.78, 5) is 22.8. The third-order valence-electron chi connectivity index (χ3n) is 4.00. The molecule has 0 spiro atoms. The molecule has 5 atom stereocenters. The average molecular weight is 226 g/mol. The number of carbonyl (C=O) groups is 2. The molecule has 2 aliphatic carbocycles. The highest BCUT2D eigenvalue weighted by atomic mass is 16.6. The summed E-state index contributed by atoms with van der Waals surface area (Å²) in [5, 5.41) is 8.63.